The van der Waals surface area contributed by atoms with Crippen LogP contribution in [-0.4, -0.2) is 15.0 Å². The van der Waals surface area contributed by atoms with Crippen LogP contribution in [0.5, 0.6) is 0 Å². The van der Waals surface area contributed by atoms with E-state index in [1.165, 1.54) is 72.0 Å². The van der Waals surface area contributed by atoms with Crippen LogP contribution >= 0.6 is 0 Å². The molecule has 11 aromatic rings. The Balaban J connectivity index is 0.901. The van der Waals surface area contributed by atoms with Gasteiger partial charge in [-0.2, -0.15) is 0 Å². The predicted molar refractivity (Wildman–Crippen MR) is 278 cm³/mol. The Hall–Kier alpha value is -8.53. The molecule has 0 bridgehead atoms. The van der Waals surface area contributed by atoms with Crippen molar-refractivity contribution in [3.63, 3.8) is 0 Å². The van der Waals surface area contributed by atoms with Crippen LogP contribution in [0.2, 0.25) is 0 Å². The molecule has 1 aliphatic carbocycles. The lowest BCUT2D eigenvalue weighted by Gasteiger charge is -2.24. The third-order valence-corrected chi connectivity index (χ3v) is 13.6. The highest BCUT2D eigenvalue weighted by Gasteiger charge is 2.37. The van der Waals surface area contributed by atoms with E-state index < -0.39 is 0 Å². The third-order valence-electron chi connectivity index (χ3n) is 13.6. The smallest absolute Gasteiger partial charge is 0.164 e. The van der Waals surface area contributed by atoms with Crippen molar-refractivity contribution in [2.45, 2.75) is 19.3 Å². The minimum Gasteiger partial charge on any atom is -0.208 e. The lowest BCUT2D eigenvalue weighted by atomic mass is 9.78. The van der Waals surface area contributed by atoms with E-state index in [0.29, 0.717) is 17.5 Å². The first kappa shape index (κ1) is 40.0. The summed E-state index contributed by atoms with van der Waals surface area (Å²) in [6.07, 6.45) is 0. The Bertz CT molecular complexity index is 3630. The molecule has 3 nitrogen and oxygen atoms in total. The minimum absolute atomic E-state index is 0.0822. The van der Waals surface area contributed by atoms with Gasteiger partial charge in [0.2, 0.25) is 0 Å². The van der Waals surface area contributed by atoms with Gasteiger partial charge in [-0.1, -0.05) is 244 Å². The van der Waals surface area contributed by atoms with Crippen LogP contribution in [0, 0.1) is 0 Å². The number of nitrogens with zero attached hydrogens (tertiary/aromatic N) is 3. The highest BCUT2D eigenvalue weighted by Crippen LogP contribution is 2.52. The molecule has 1 aliphatic rings. The van der Waals surface area contributed by atoms with Gasteiger partial charge in [0, 0.05) is 22.1 Å². The van der Waals surface area contributed by atoms with Gasteiger partial charge in [-0.15, -0.1) is 0 Å². The summed E-state index contributed by atoms with van der Waals surface area (Å²) in [6, 6.07) is 84.6. The number of aromatic nitrogens is 3. The van der Waals surface area contributed by atoms with Crippen LogP contribution in [0.25, 0.3) is 112 Å². The summed E-state index contributed by atoms with van der Waals surface area (Å²) in [5, 5.41) is 2.38. The van der Waals surface area contributed by atoms with Gasteiger partial charge in [0.15, 0.2) is 17.5 Å². The lowest BCUT2D eigenvalue weighted by Crippen LogP contribution is -2.16. The van der Waals surface area contributed by atoms with Gasteiger partial charge in [-0.3, -0.25) is 0 Å². The fourth-order valence-electron chi connectivity index (χ4n) is 10.3. The highest BCUT2D eigenvalue weighted by molar-refractivity contribution is 6.06. The number of hydrogen-bond donors (Lipinski definition) is 0. The maximum Gasteiger partial charge on any atom is 0.164 e. The fourth-order valence-corrected chi connectivity index (χ4v) is 10.3. The molecule has 0 saturated heterocycles. The van der Waals surface area contributed by atoms with Crippen molar-refractivity contribution in [3.05, 3.63) is 248 Å². The molecule has 10 aromatic carbocycles. The number of fused-ring (bicyclic) bond motifs is 4. The average Bonchev–Trinajstić information content (AvgIpc) is 3.64. The van der Waals surface area contributed by atoms with E-state index in [1.54, 1.807) is 0 Å². The molecule has 12 rings (SSSR count). The number of rotatable bonds is 8. The zero-order valence-electron chi connectivity index (χ0n) is 37.4. The normalized spacial score (nSPS) is 12.4. The number of hydrogen-bond acceptors (Lipinski definition) is 3. The number of benzene rings is 10. The van der Waals surface area contributed by atoms with E-state index in [2.05, 4.69) is 214 Å². The Morgan fingerprint density at radius 2 is 0.657 bits per heavy atom. The largest absolute Gasteiger partial charge is 0.208 e. The quantitative estimate of drug-likeness (QED) is 0.153. The van der Waals surface area contributed by atoms with Gasteiger partial charge in [0.05, 0.1) is 0 Å². The molecule has 0 N–H and O–H groups in total. The van der Waals surface area contributed by atoms with Gasteiger partial charge in [-0.05, 0) is 94.7 Å². The van der Waals surface area contributed by atoms with Gasteiger partial charge < -0.3 is 0 Å². The molecule has 1 heterocycles. The summed E-state index contributed by atoms with van der Waals surface area (Å²) < 4.78 is 0. The summed E-state index contributed by atoms with van der Waals surface area (Å²) in [7, 11) is 0. The molecule has 0 atom stereocenters. The predicted octanol–water partition coefficient (Wildman–Crippen LogP) is 16.7. The van der Waals surface area contributed by atoms with Gasteiger partial charge in [0.25, 0.3) is 0 Å². The Labute approximate surface area is 391 Å². The van der Waals surface area contributed by atoms with Crippen molar-refractivity contribution in [3.8, 4) is 101 Å². The van der Waals surface area contributed by atoms with E-state index in [0.717, 1.165) is 33.4 Å². The molecule has 0 radical (unpaired) electrons. The summed E-state index contributed by atoms with van der Waals surface area (Å²) in [4.78, 5) is 15.2. The second-order valence-corrected chi connectivity index (χ2v) is 17.9. The van der Waals surface area contributed by atoms with E-state index in [9.17, 15) is 0 Å². The molecular weight excluding hydrogens is 811 g/mol. The van der Waals surface area contributed by atoms with Crippen LogP contribution in [0.4, 0.5) is 0 Å². The van der Waals surface area contributed by atoms with Crippen molar-refractivity contribution < 1.29 is 0 Å². The summed E-state index contributed by atoms with van der Waals surface area (Å²) in [5.74, 6) is 1.90. The maximum absolute atomic E-state index is 5.12. The summed E-state index contributed by atoms with van der Waals surface area (Å²) >= 11 is 0. The fraction of sp³-hybridized carbons (Fsp3) is 0.0469. The van der Waals surface area contributed by atoms with Gasteiger partial charge in [0.1, 0.15) is 0 Å². The first-order valence-electron chi connectivity index (χ1n) is 23.0. The van der Waals surface area contributed by atoms with Crippen molar-refractivity contribution in [1.29, 1.82) is 0 Å². The van der Waals surface area contributed by atoms with Crippen molar-refractivity contribution >= 4 is 10.8 Å². The van der Waals surface area contributed by atoms with Crippen molar-refractivity contribution in [2.75, 3.05) is 0 Å². The standard InChI is InChI=1S/C64H45N3/c1-64(2)59-32-12-11-25-57(59)58-31-15-27-52(60(58)64)45-37-35-44(36-38-45)50-23-9-10-24-53(50)55-30-16-28-54-51(26-14-29-56(54)55)48-21-13-22-49(41-48)63-66-61(46-19-7-4-8-20-46)65-62(67-63)47-39-33-43(34-40-47)42-17-5-3-6-18-42/h3-41H,1-2H3. The zero-order chi connectivity index (χ0) is 44.9. The van der Waals surface area contributed by atoms with Crippen LogP contribution < -0.4 is 0 Å². The molecule has 0 unspecified atom stereocenters. The molecule has 3 heteroatoms. The van der Waals surface area contributed by atoms with E-state index in [-0.39, 0.29) is 5.41 Å². The van der Waals surface area contributed by atoms with Crippen molar-refractivity contribution in [2.24, 2.45) is 0 Å². The van der Waals surface area contributed by atoms with Crippen LogP contribution in [-0.2, 0) is 5.41 Å². The highest BCUT2D eigenvalue weighted by atomic mass is 15.0. The molecule has 0 fully saturated rings. The maximum atomic E-state index is 5.12. The third kappa shape index (κ3) is 7.13. The second kappa shape index (κ2) is 16.5. The second-order valence-electron chi connectivity index (χ2n) is 17.9. The van der Waals surface area contributed by atoms with Gasteiger partial charge in [-0.25, -0.2) is 15.0 Å². The molecule has 1 aromatic heterocycles. The first-order valence-corrected chi connectivity index (χ1v) is 23.0. The van der Waals surface area contributed by atoms with E-state index in [4.69, 9.17) is 15.0 Å². The molecule has 0 spiro atoms. The van der Waals surface area contributed by atoms with Crippen LogP contribution in [0.3, 0.4) is 0 Å². The molecular formula is C64H45N3. The molecule has 0 amide bonds. The first-order chi connectivity index (χ1) is 33.0. The van der Waals surface area contributed by atoms with Crippen LogP contribution in [0.15, 0.2) is 237 Å². The van der Waals surface area contributed by atoms with Crippen LogP contribution in [0.1, 0.15) is 25.0 Å². The molecule has 0 aliphatic heterocycles. The summed E-state index contributed by atoms with van der Waals surface area (Å²) in [5.41, 5.74) is 20.1. The minimum atomic E-state index is -0.0822. The van der Waals surface area contributed by atoms with E-state index in [1.807, 2.05) is 36.4 Å². The Morgan fingerprint density at radius 3 is 1.36 bits per heavy atom. The Morgan fingerprint density at radius 1 is 0.254 bits per heavy atom. The van der Waals surface area contributed by atoms with E-state index >= 15 is 0 Å². The SMILES string of the molecule is CC1(C)c2ccccc2-c2cccc(-c3ccc(-c4ccccc4-c4cccc5c(-c6cccc(-c7nc(-c8ccccc8)nc(-c8ccc(-c9ccccc9)cc8)n7)c6)cccc45)cc3)c21. The zero-order valence-corrected chi connectivity index (χ0v) is 37.4. The lowest BCUT2D eigenvalue weighted by molar-refractivity contribution is 0.662. The Kier molecular flexibility index (Phi) is 9.84. The average molecular weight is 856 g/mol. The molecule has 0 saturated carbocycles. The van der Waals surface area contributed by atoms with Crippen molar-refractivity contribution in [1.82, 2.24) is 15.0 Å². The summed E-state index contributed by atoms with van der Waals surface area (Å²) in [6.45, 7) is 4.72. The van der Waals surface area contributed by atoms with Gasteiger partial charge >= 0.3 is 0 Å². The molecule has 67 heavy (non-hydrogen) atoms. The monoisotopic (exact) mass is 855 g/mol. The molecule has 316 valence electrons. The topological polar surface area (TPSA) is 38.7 Å².